The molecule has 2 N–H and O–H groups in total. The molecule has 0 amide bonds. The van der Waals surface area contributed by atoms with Crippen molar-refractivity contribution in [1.29, 1.82) is 0 Å². The number of hydrogen-bond donors (Lipinski definition) is 2. The van der Waals surface area contributed by atoms with Crippen LogP contribution in [0.15, 0.2) is 0 Å². The van der Waals surface area contributed by atoms with Crippen molar-refractivity contribution in [2.24, 2.45) is 0 Å². The van der Waals surface area contributed by atoms with Crippen LogP contribution in [0.25, 0.3) is 0 Å². The van der Waals surface area contributed by atoms with Crippen LogP contribution in [0.5, 0.6) is 0 Å². The van der Waals surface area contributed by atoms with Gasteiger partial charge in [-0.2, -0.15) is 0 Å². The van der Waals surface area contributed by atoms with E-state index in [1.165, 1.54) is 0 Å². The molecule has 1 aliphatic rings. The number of aliphatic carboxylic acids is 2. The maximum absolute atomic E-state index is 12.5. The van der Waals surface area contributed by atoms with Gasteiger partial charge in [0, 0.05) is 58.8 Å². The first-order valence-corrected chi connectivity index (χ1v) is 12.6. The van der Waals surface area contributed by atoms with Crippen molar-refractivity contribution in [3.05, 3.63) is 0 Å². The molecule has 1 fully saturated rings. The molecule has 12 nitrogen and oxygen atoms in total. The van der Waals surface area contributed by atoms with Crippen LogP contribution >= 0.6 is 0 Å². The van der Waals surface area contributed by atoms with Crippen LogP contribution in [-0.2, 0) is 28.7 Å². The molecule has 1 rings (SSSR count). The van der Waals surface area contributed by atoms with E-state index in [0.717, 1.165) is 0 Å². The molecule has 0 aromatic carbocycles. The molecule has 1 aliphatic heterocycles. The summed E-state index contributed by atoms with van der Waals surface area (Å²) in [6, 6.07) is 0. The predicted octanol–water partition coefficient (Wildman–Crippen LogP) is -5.93. The van der Waals surface area contributed by atoms with E-state index >= 15 is 0 Å². The fraction of sp³-hybridized carbons (Fsp3) is 0.833. The monoisotopic (exact) mass is 618 g/mol. The van der Waals surface area contributed by atoms with Gasteiger partial charge < -0.3 is 41.6 Å². The van der Waals surface area contributed by atoms with Crippen LogP contribution in [0.1, 0.15) is 40.5 Å². The Kier molecular flexibility index (Phi) is 21.8. The quantitative estimate of drug-likeness (QED) is 0.168. The Bertz CT molecular complexity index is 726. The topological polar surface area (TPSA) is 140 Å². The normalized spacial score (nSPS) is 17.2. The molecule has 38 heavy (non-hydrogen) atoms. The fourth-order valence-corrected chi connectivity index (χ4v) is 3.90. The number of carbonyl (C=O) groups excluding carboxylic acids is 2. The molecule has 0 aromatic heterocycles. The molecule has 0 bridgehead atoms. The molecule has 0 radical (unpaired) electrons. The van der Waals surface area contributed by atoms with Crippen LogP contribution in [0.2, 0.25) is 0 Å². The first-order chi connectivity index (χ1) is 16.9. The summed E-state index contributed by atoms with van der Waals surface area (Å²) < 4.78 is 10.5. The Hall–Kier alpha value is -0.800. The average molecular weight is 620 g/mol. The number of hydrogen-bond acceptors (Lipinski definition) is 10. The number of ether oxygens (including phenoxy) is 2. The Morgan fingerprint density at radius 1 is 0.711 bits per heavy atom. The summed E-state index contributed by atoms with van der Waals surface area (Å²) in [5, 5.41) is 18.6. The zero-order valence-corrected chi connectivity index (χ0v) is 27.2. The number of carbonyl (C=O) groups is 4. The molecule has 1 saturated heterocycles. The second-order valence-electron chi connectivity index (χ2n) is 9.95. The van der Waals surface area contributed by atoms with Crippen molar-refractivity contribution >= 4 is 23.9 Å². The second kappa shape index (κ2) is 21.0. The van der Waals surface area contributed by atoms with Crippen molar-refractivity contribution in [3.8, 4) is 0 Å². The van der Waals surface area contributed by atoms with Crippen molar-refractivity contribution in [3.63, 3.8) is 0 Å². The van der Waals surface area contributed by atoms with Gasteiger partial charge in [0.1, 0.15) is 5.60 Å². The molecule has 0 unspecified atom stereocenters. The van der Waals surface area contributed by atoms with Crippen LogP contribution in [0.3, 0.4) is 0 Å². The Morgan fingerprint density at radius 2 is 1.11 bits per heavy atom. The molecular weight excluding hydrogens is 575 g/mol. The second-order valence-corrected chi connectivity index (χ2v) is 9.95. The van der Waals surface area contributed by atoms with E-state index in [9.17, 15) is 29.4 Å². The zero-order chi connectivity index (χ0) is 27.1. The van der Waals surface area contributed by atoms with Gasteiger partial charge >= 0.3 is 53.4 Å². The molecule has 1 heterocycles. The molecule has 0 spiro atoms. The molecule has 0 aromatic rings. The van der Waals surface area contributed by atoms with E-state index in [1.54, 1.807) is 16.7 Å². The van der Waals surface area contributed by atoms with Crippen LogP contribution < -0.4 is 46.5 Å². The Morgan fingerprint density at radius 3 is 1.47 bits per heavy atom. The van der Waals surface area contributed by atoms with E-state index in [0.29, 0.717) is 78.4 Å². The van der Waals surface area contributed by atoms with Crippen LogP contribution in [0.4, 0.5) is 0 Å². The SMILES string of the molecule is CCOC(=O)CCCN1CCN(CC(=O)O)CCN(CC(=O)O)CCN(CC(=O)OC(C)(C)C)CC1.[Br-].[Na+]. The summed E-state index contributed by atoms with van der Waals surface area (Å²) in [7, 11) is 0. The van der Waals surface area contributed by atoms with Gasteiger partial charge in [0.25, 0.3) is 0 Å². The zero-order valence-electron chi connectivity index (χ0n) is 23.6. The molecule has 216 valence electrons. The summed E-state index contributed by atoms with van der Waals surface area (Å²) >= 11 is 0. The smallest absolute Gasteiger partial charge is 1.00 e. The van der Waals surface area contributed by atoms with Gasteiger partial charge in [-0.3, -0.25) is 33.9 Å². The standard InChI is InChI=1S/C24H44N4O8.BrH.Na/c1-5-35-22(33)7-6-8-25-9-11-26(17-20(29)30)13-14-27(18-21(31)32)15-16-28(12-10-25)19-23(34)36-24(2,3)4;;/h5-19H2,1-4H3,(H,29,30)(H,31,32);1H;/q;;+1/p-1. The minimum absolute atomic E-state index is 0. The van der Waals surface area contributed by atoms with Gasteiger partial charge in [-0.1, -0.05) is 0 Å². The van der Waals surface area contributed by atoms with Gasteiger partial charge in [-0.25, -0.2) is 0 Å². The summed E-state index contributed by atoms with van der Waals surface area (Å²) in [5.41, 5.74) is -0.605. The van der Waals surface area contributed by atoms with Gasteiger partial charge in [-0.15, -0.1) is 0 Å². The number of rotatable bonds is 11. The van der Waals surface area contributed by atoms with Crippen LogP contribution in [-0.4, -0.2) is 144 Å². The number of nitrogens with zero attached hydrogens (tertiary/aromatic N) is 4. The Balaban J connectivity index is 0. The van der Waals surface area contributed by atoms with E-state index in [4.69, 9.17) is 9.47 Å². The largest absolute Gasteiger partial charge is 1.00 e. The van der Waals surface area contributed by atoms with Gasteiger partial charge in [-0.05, 0) is 40.7 Å². The molecular formula is C24H44BrN4NaO8. The van der Waals surface area contributed by atoms with E-state index in [2.05, 4.69) is 4.90 Å². The fourth-order valence-electron chi connectivity index (χ4n) is 3.90. The number of carboxylic acid groups (broad SMARTS) is 2. The van der Waals surface area contributed by atoms with Crippen molar-refractivity contribution in [2.75, 3.05) is 85.1 Å². The number of carboxylic acids is 2. The molecule has 0 saturated carbocycles. The summed E-state index contributed by atoms with van der Waals surface area (Å²) in [6.45, 7) is 11.8. The van der Waals surface area contributed by atoms with E-state index in [-0.39, 0.29) is 78.1 Å². The maximum Gasteiger partial charge on any atom is 1.00 e. The summed E-state index contributed by atoms with van der Waals surface area (Å²) in [6.07, 6.45) is 0.908. The predicted molar refractivity (Wildman–Crippen MR) is 133 cm³/mol. The third kappa shape index (κ3) is 20.2. The first kappa shape index (κ1) is 39.3. The molecule has 0 atom stereocenters. The minimum atomic E-state index is -0.960. The minimum Gasteiger partial charge on any atom is -1.00 e. The third-order valence-corrected chi connectivity index (χ3v) is 5.58. The molecule has 14 heteroatoms. The van der Waals surface area contributed by atoms with Crippen molar-refractivity contribution in [2.45, 2.75) is 46.1 Å². The van der Waals surface area contributed by atoms with Crippen molar-refractivity contribution < 1.29 is 85.4 Å². The van der Waals surface area contributed by atoms with E-state index < -0.39 is 17.5 Å². The maximum atomic E-state index is 12.5. The Labute approximate surface area is 259 Å². The van der Waals surface area contributed by atoms with Crippen molar-refractivity contribution in [1.82, 2.24) is 19.6 Å². The third-order valence-electron chi connectivity index (χ3n) is 5.58. The van der Waals surface area contributed by atoms with Gasteiger partial charge in [0.05, 0.1) is 26.2 Å². The summed E-state index contributed by atoms with van der Waals surface area (Å²) in [5.74, 6) is -2.49. The van der Waals surface area contributed by atoms with Gasteiger partial charge in [0.2, 0.25) is 0 Å². The average Bonchev–Trinajstić information content (AvgIpc) is 2.73. The number of esters is 2. The van der Waals surface area contributed by atoms with Gasteiger partial charge in [0.15, 0.2) is 0 Å². The summed E-state index contributed by atoms with van der Waals surface area (Å²) in [4.78, 5) is 54.7. The number of halogens is 1. The van der Waals surface area contributed by atoms with E-state index in [1.807, 2.05) is 25.7 Å². The first-order valence-electron chi connectivity index (χ1n) is 12.6. The molecule has 0 aliphatic carbocycles. The van der Waals surface area contributed by atoms with Crippen LogP contribution in [0, 0.1) is 0 Å².